The van der Waals surface area contributed by atoms with Crippen LogP contribution in [0.3, 0.4) is 0 Å². The summed E-state index contributed by atoms with van der Waals surface area (Å²) in [6, 6.07) is 30.4. The standard InChI is InChI=1S/C49H58N6O9/c1-49(2,3)53-46(60)41-25-14-26-54(41)47(61)43(57)38(28-33-16-7-4-8-17-33)51-42(56)32-63-37-23-13-22-36(30-37)50-44(58)39(29-34-18-9-5-10-19-34)52-45(59)40-24-15-27-55(40)48(62)64-31-35-20-11-6-12-21-35/h4-13,16-23,30,38-41,43,57H,14-15,24-29,31-32H2,1-3H3,(H,50,58)(H,51,56)(H,52,59)(H,53,60)/t38-,39+,40-,41-,43-/m0/s1. The summed E-state index contributed by atoms with van der Waals surface area (Å²) in [5.74, 6) is -2.30. The number of carbonyl (C=O) groups excluding carboxylic acids is 6. The van der Waals surface area contributed by atoms with E-state index in [1.807, 2.05) is 112 Å². The minimum Gasteiger partial charge on any atom is -0.484 e. The second-order valence-electron chi connectivity index (χ2n) is 17.2. The van der Waals surface area contributed by atoms with Crippen molar-refractivity contribution in [1.82, 2.24) is 25.8 Å². The molecule has 0 bridgehead atoms. The quantitative estimate of drug-likeness (QED) is 0.101. The largest absolute Gasteiger partial charge is 0.484 e. The highest BCUT2D eigenvalue weighted by molar-refractivity contribution is 5.98. The summed E-state index contributed by atoms with van der Waals surface area (Å²) in [5, 5.41) is 22.9. The fourth-order valence-corrected chi connectivity index (χ4v) is 7.88. The summed E-state index contributed by atoms with van der Waals surface area (Å²) in [4.78, 5) is 83.8. The Labute approximate surface area is 373 Å². The van der Waals surface area contributed by atoms with Gasteiger partial charge in [-0.1, -0.05) is 97.1 Å². The smallest absolute Gasteiger partial charge is 0.410 e. The van der Waals surface area contributed by atoms with E-state index in [0.29, 0.717) is 44.5 Å². The number of benzene rings is 4. The number of hydrogen-bond acceptors (Lipinski definition) is 9. The first-order valence-electron chi connectivity index (χ1n) is 21.7. The molecule has 15 heteroatoms. The molecular weight excluding hydrogens is 817 g/mol. The van der Waals surface area contributed by atoms with Crippen molar-refractivity contribution >= 4 is 41.3 Å². The number of ether oxygens (including phenoxy) is 2. The van der Waals surface area contributed by atoms with Crippen LogP contribution in [0.4, 0.5) is 10.5 Å². The molecule has 2 saturated heterocycles. The molecule has 338 valence electrons. The van der Waals surface area contributed by atoms with Crippen LogP contribution >= 0.6 is 0 Å². The number of rotatable bonds is 17. The predicted molar refractivity (Wildman–Crippen MR) is 240 cm³/mol. The number of nitrogens with zero attached hydrogens (tertiary/aromatic N) is 2. The number of carbonyl (C=O) groups is 6. The zero-order valence-corrected chi connectivity index (χ0v) is 36.5. The van der Waals surface area contributed by atoms with Crippen LogP contribution in [0.5, 0.6) is 5.75 Å². The maximum absolute atomic E-state index is 13.9. The first-order valence-corrected chi connectivity index (χ1v) is 21.7. The lowest BCUT2D eigenvalue weighted by molar-refractivity contribution is -0.147. The molecule has 0 aromatic heterocycles. The summed E-state index contributed by atoms with van der Waals surface area (Å²) in [7, 11) is 0. The van der Waals surface area contributed by atoms with E-state index in [1.54, 1.807) is 18.2 Å². The molecule has 0 spiro atoms. The molecule has 2 aliphatic rings. The molecule has 15 nitrogen and oxygen atoms in total. The van der Waals surface area contributed by atoms with Crippen molar-refractivity contribution in [2.24, 2.45) is 0 Å². The van der Waals surface area contributed by atoms with Gasteiger partial charge in [0.05, 0.1) is 6.04 Å². The maximum Gasteiger partial charge on any atom is 0.410 e. The van der Waals surface area contributed by atoms with Gasteiger partial charge in [-0.15, -0.1) is 0 Å². The van der Waals surface area contributed by atoms with Gasteiger partial charge in [0, 0.05) is 36.8 Å². The number of hydrogen-bond donors (Lipinski definition) is 5. The van der Waals surface area contributed by atoms with Crippen LogP contribution in [-0.4, -0.2) is 106 Å². The minimum absolute atomic E-state index is 0.0651. The zero-order chi connectivity index (χ0) is 45.6. The van der Waals surface area contributed by atoms with Gasteiger partial charge in [0.2, 0.25) is 17.7 Å². The average molecular weight is 875 g/mol. The van der Waals surface area contributed by atoms with Gasteiger partial charge in [-0.05, 0) is 81.7 Å². The Bertz CT molecular complexity index is 2220. The molecule has 2 aliphatic heterocycles. The SMILES string of the molecule is CC(C)(C)NC(=O)[C@@H]1CCCN1C(=O)[C@@H](O)[C@H](Cc1ccccc1)NC(=O)COc1cccc(NC(=O)[C@@H](Cc2ccccc2)NC(=O)[C@@H]2CCCN2C(=O)OCc2ccccc2)c1. The summed E-state index contributed by atoms with van der Waals surface area (Å²) in [6.07, 6.45) is 0.106. The van der Waals surface area contributed by atoms with Gasteiger partial charge in [-0.2, -0.15) is 0 Å². The highest BCUT2D eigenvalue weighted by atomic mass is 16.6. The van der Waals surface area contributed by atoms with Crippen molar-refractivity contribution < 1.29 is 43.3 Å². The van der Waals surface area contributed by atoms with Crippen LogP contribution in [0.25, 0.3) is 0 Å². The van der Waals surface area contributed by atoms with Gasteiger partial charge in [0.25, 0.3) is 11.8 Å². The molecule has 4 aromatic carbocycles. The number of nitrogens with one attached hydrogen (secondary N) is 4. The summed E-state index contributed by atoms with van der Waals surface area (Å²) in [6.45, 7) is 5.78. The third kappa shape index (κ3) is 13.4. The second kappa shape index (κ2) is 22.1. The second-order valence-corrected chi connectivity index (χ2v) is 17.2. The molecule has 0 aliphatic carbocycles. The summed E-state index contributed by atoms with van der Waals surface area (Å²) < 4.78 is 11.4. The molecular formula is C49H58N6O9. The number of likely N-dealkylation sites (tertiary alicyclic amines) is 2. The van der Waals surface area contributed by atoms with Crippen LogP contribution in [0.2, 0.25) is 0 Å². The molecule has 64 heavy (non-hydrogen) atoms. The van der Waals surface area contributed by atoms with Gasteiger partial charge < -0.3 is 40.7 Å². The van der Waals surface area contributed by atoms with Crippen molar-refractivity contribution in [1.29, 1.82) is 0 Å². The average Bonchev–Trinajstić information content (AvgIpc) is 3.99. The van der Waals surface area contributed by atoms with E-state index in [0.717, 1.165) is 16.7 Å². The monoisotopic (exact) mass is 874 g/mol. The Morgan fingerprint density at radius 3 is 1.91 bits per heavy atom. The lowest BCUT2D eigenvalue weighted by Crippen LogP contribution is -2.57. The topological polar surface area (TPSA) is 196 Å². The molecule has 6 amide bonds. The van der Waals surface area contributed by atoms with Gasteiger partial charge in [-0.3, -0.25) is 28.9 Å². The maximum atomic E-state index is 13.9. The third-order valence-corrected chi connectivity index (χ3v) is 11.0. The zero-order valence-electron chi connectivity index (χ0n) is 36.5. The van der Waals surface area contributed by atoms with Crippen LogP contribution in [0.15, 0.2) is 115 Å². The Hall–Kier alpha value is -6.74. The van der Waals surface area contributed by atoms with E-state index in [-0.39, 0.29) is 31.1 Å². The van der Waals surface area contributed by atoms with Gasteiger partial charge in [-0.25, -0.2) is 4.79 Å². The van der Waals surface area contributed by atoms with Gasteiger partial charge in [0.1, 0.15) is 30.5 Å². The molecule has 2 heterocycles. The van der Waals surface area contributed by atoms with E-state index in [9.17, 15) is 33.9 Å². The molecule has 0 radical (unpaired) electrons. The summed E-state index contributed by atoms with van der Waals surface area (Å²) >= 11 is 0. The van der Waals surface area contributed by atoms with E-state index >= 15 is 0 Å². The Morgan fingerprint density at radius 1 is 0.703 bits per heavy atom. The van der Waals surface area contributed by atoms with Crippen molar-refractivity contribution in [3.05, 3.63) is 132 Å². The number of aliphatic hydroxyl groups excluding tert-OH is 1. The highest BCUT2D eigenvalue weighted by Crippen LogP contribution is 2.23. The predicted octanol–water partition coefficient (Wildman–Crippen LogP) is 4.53. The minimum atomic E-state index is -1.65. The molecule has 5 atom stereocenters. The van der Waals surface area contributed by atoms with Crippen molar-refractivity contribution in [3.8, 4) is 5.75 Å². The molecule has 4 aromatic rings. The normalized spacial score (nSPS) is 17.4. The Kier molecular flexibility index (Phi) is 16.1. The van der Waals surface area contributed by atoms with Crippen LogP contribution < -0.4 is 26.0 Å². The lowest BCUT2D eigenvalue weighted by Gasteiger charge is -2.32. The van der Waals surface area contributed by atoms with E-state index in [2.05, 4.69) is 21.3 Å². The Balaban J connectivity index is 1.08. The molecule has 0 unspecified atom stereocenters. The fourth-order valence-electron chi connectivity index (χ4n) is 7.88. The first-order chi connectivity index (χ1) is 30.7. The van der Waals surface area contributed by atoms with E-state index in [1.165, 1.54) is 15.9 Å². The molecule has 5 N–H and O–H groups in total. The lowest BCUT2D eigenvalue weighted by atomic mass is 9.99. The van der Waals surface area contributed by atoms with Crippen molar-refractivity contribution in [2.75, 3.05) is 25.0 Å². The highest BCUT2D eigenvalue weighted by Gasteiger charge is 2.41. The van der Waals surface area contributed by atoms with Crippen LogP contribution in [0, 0.1) is 0 Å². The van der Waals surface area contributed by atoms with Crippen molar-refractivity contribution in [2.45, 2.75) is 102 Å². The number of aliphatic hydroxyl groups is 1. The van der Waals surface area contributed by atoms with Crippen LogP contribution in [-0.2, 0) is 48.2 Å². The van der Waals surface area contributed by atoms with Crippen LogP contribution in [0.1, 0.15) is 63.1 Å². The Morgan fingerprint density at radius 2 is 1.28 bits per heavy atom. The first kappa shape index (κ1) is 46.8. The molecule has 2 fully saturated rings. The van der Waals surface area contributed by atoms with Gasteiger partial charge >= 0.3 is 6.09 Å². The number of amides is 6. The van der Waals surface area contributed by atoms with E-state index in [4.69, 9.17) is 9.47 Å². The van der Waals surface area contributed by atoms with E-state index < -0.39 is 72.1 Å². The number of anilines is 1. The van der Waals surface area contributed by atoms with Crippen molar-refractivity contribution in [3.63, 3.8) is 0 Å². The summed E-state index contributed by atoms with van der Waals surface area (Å²) in [5.41, 5.74) is 2.23. The third-order valence-electron chi connectivity index (χ3n) is 11.0. The van der Waals surface area contributed by atoms with Gasteiger partial charge in [0.15, 0.2) is 12.7 Å². The molecule has 6 rings (SSSR count). The fraction of sp³-hybridized carbons (Fsp3) is 0.388. The molecule has 0 saturated carbocycles.